The van der Waals surface area contributed by atoms with Crippen molar-refractivity contribution in [2.75, 3.05) is 0 Å². The zero-order chi connectivity index (χ0) is 19.7. The first-order chi connectivity index (χ1) is 13.4. The molecule has 28 heavy (non-hydrogen) atoms. The highest BCUT2D eigenvalue weighted by atomic mass is 32.1. The highest BCUT2D eigenvalue weighted by molar-refractivity contribution is 7.13. The molecule has 0 bridgehead atoms. The van der Waals surface area contributed by atoms with E-state index in [1.165, 1.54) is 17.5 Å². The molecule has 0 atom stereocenters. The molecule has 3 aromatic rings. The number of fused-ring (bicyclic) bond motifs is 1. The van der Waals surface area contributed by atoms with Crippen molar-refractivity contribution >= 4 is 22.9 Å². The fourth-order valence-corrected chi connectivity index (χ4v) is 4.25. The molecular weight excluding hydrogens is 389 g/mol. The largest absolute Gasteiger partial charge is 0.433 e. The molecule has 1 saturated carbocycles. The normalized spacial score (nSPS) is 16.2. The summed E-state index contributed by atoms with van der Waals surface area (Å²) in [6.07, 6.45) is 2.68. The predicted octanol–water partition coefficient (Wildman–Crippen LogP) is 4.93. The van der Waals surface area contributed by atoms with Gasteiger partial charge in [-0.3, -0.25) is 4.79 Å². The quantitative estimate of drug-likeness (QED) is 0.625. The van der Waals surface area contributed by atoms with Gasteiger partial charge in [0.25, 0.3) is 5.91 Å². The molecule has 1 amide bonds. The number of rotatable bonds is 3. The summed E-state index contributed by atoms with van der Waals surface area (Å²) in [5, 5.41) is 8.54. The average Bonchev–Trinajstić information content (AvgIpc) is 3.26. The molecule has 0 aromatic carbocycles. The summed E-state index contributed by atoms with van der Waals surface area (Å²) < 4.78 is 41.5. The third-order valence-electron chi connectivity index (χ3n) is 4.97. The van der Waals surface area contributed by atoms with Crippen molar-refractivity contribution in [1.29, 1.82) is 0 Å². The number of carbonyl (C=O) groups is 1. The molecule has 1 fully saturated rings. The van der Waals surface area contributed by atoms with Crippen LogP contribution in [0, 0.1) is 0 Å². The number of nitrogens with zero attached hydrogens (tertiary/aromatic N) is 3. The number of nitrogens with one attached hydrogen (secondary N) is 1. The van der Waals surface area contributed by atoms with Gasteiger partial charge in [-0.1, -0.05) is 31.7 Å². The van der Waals surface area contributed by atoms with Crippen molar-refractivity contribution in [2.45, 2.75) is 50.7 Å². The van der Waals surface area contributed by atoms with Crippen molar-refractivity contribution in [3.63, 3.8) is 0 Å². The van der Waals surface area contributed by atoms with Gasteiger partial charge in [0.05, 0.1) is 16.8 Å². The van der Waals surface area contributed by atoms with Crippen LogP contribution in [0.1, 0.15) is 54.6 Å². The molecule has 0 spiro atoms. The number of thiophene rings is 1. The number of amides is 1. The topological polar surface area (TPSA) is 59.3 Å². The van der Waals surface area contributed by atoms with Crippen LogP contribution in [0.25, 0.3) is 16.2 Å². The van der Waals surface area contributed by atoms with Gasteiger partial charge >= 0.3 is 6.18 Å². The molecule has 0 radical (unpaired) electrons. The Morgan fingerprint density at radius 2 is 1.96 bits per heavy atom. The molecular formula is C19H19F3N4OS. The van der Waals surface area contributed by atoms with Crippen molar-refractivity contribution in [1.82, 2.24) is 19.9 Å². The van der Waals surface area contributed by atoms with E-state index >= 15 is 0 Å². The Kier molecular flexibility index (Phi) is 5.09. The molecule has 148 valence electrons. The first kappa shape index (κ1) is 18.9. The predicted molar refractivity (Wildman–Crippen MR) is 100 cm³/mol. The maximum Gasteiger partial charge on any atom is 0.433 e. The Morgan fingerprint density at radius 1 is 1.21 bits per heavy atom. The molecule has 0 aliphatic heterocycles. The lowest BCUT2D eigenvalue weighted by Gasteiger charge is -2.16. The summed E-state index contributed by atoms with van der Waals surface area (Å²) in [6.45, 7) is 0. The number of carbonyl (C=O) groups excluding carboxylic acids is 1. The fourth-order valence-electron chi connectivity index (χ4n) is 3.56. The Morgan fingerprint density at radius 3 is 2.61 bits per heavy atom. The van der Waals surface area contributed by atoms with E-state index in [-0.39, 0.29) is 22.9 Å². The molecule has 5 nitrogen and oxygen atoms in total. The molecule has 1 aliphatic carbocycles. The third kappa shape index (κ3) is 3.76. The first-order valence-corrected chi connectivity index (χ1v) is 10.1. The Labute approximate surface area is 163 Å². The summed E-state index contributed by atoms with van der Waals surface area (Å²) in [6, 6.07) is 4.45. The molecule has 1 N–H and O–H groups in total. The Hall–Kier alpha value is -2.42. The minimum absolute atomic E-state index is 0.0347. The zero-order valence-electron chi connectivity index (χ0n) is 15.0. The standard InChI is InChI=1S/C19H19F3N4OS/c20-19(21,22)16-10-14(15-8-5-9-28-15)25-17-13(11-23-26(16)17)18(27)24-12-6-3-1-2-4-7-12/h5,8-12H,1-4,6-7H2,(H,24,27). The van der Waals surface area contributed by atoms with Gasteiger partial charge < -0.3 is 5.32 Å². The van der Waals surface area contributed by atoms with Crippen molar-refractivity contribution < 1.29 is 18.0 Å². The SMILES string of the molecule is O=C(NC1CCCCCC1)c1cnn2c(C(F)(F)F)cc(-c3cccs3)nc12. The Balaban J connectivity index is 1.75. The van der Waals surface area contributed by atoms with Gasteiger partial charge in [0, 0.05) is 6.04 Å². The monoisotopic (exact) mass is 408 g/mol. The molecule has 4 rings (SSSR count). The van der Waals surface area contributed by atoms with Gasteiger partial charge in [-0.2, -0.15) is 18.3 Å². The van der Waals surface area contributed by atoms with Crippen LogP contribution in [-0.4, -0.2) is 26.5 Å². The minimum Gasteiger partial charge on any atom is -0.349 e. The maximum absolute atomic E-state index is 13.6. The van der Waals surface area contributed by atoms with Crippen LogP contribution in [0.5, 0.6) is 0 Å². The van der Waals surface area contributed by atoms with Crippen LogP contribution >= 0.6 is 11.3 Å². The second-order valence-electron chi connectivity index (χ2n) is 6.96. The van der Waals surface area contributed by atoms with Crippen molar-refractivity contribution in [2.24, 2.45) is 0 Å². The zero-order valence-corrected chi connectivity index (χ0v) is 15.8. The molecule has 3 aromatic heterocycles. The number of aromatic nitrogens is 3. The summed E-state index contributed by atoms with van der Waals surface area (Å²) in [4.78, 5) is 17.7. The van der Waals surface area contributed by atoms with Gasteiger partial charge in [-0.15, -0.1) is 11.3 Å². The highest BCUT2D eigenvalue weighted by Gasteiger charge is 2.36. The second kappa shape index (κ2) is 7.54. The van der Waals surface area contributed by atoms with Gasteiger partial charge in [0.2, 0.25) is 0 Å². The van der Waals surface area contributed by atoms with Crippen LogP contribution in [0.4, 0.5) is 13.2 Å². The van der Waals surface area contributed by atoms with Crippen molar-refractivity contribution in [3.8, 4) is 10.6 Å². The van der Waals surface area contributed by atoms with Gasteiger partial charge in [-0.05, 0) is 30.4 Å². The van der Waals surface area contributed by atoms with E-state index < -0.39 is 17.8 Å². The van der Waals surface area contributed by atoms with Crippen LogP contribution < -0.4 is 5.32 Å². The number of alkyl halides is 3. The van der Waals surface area contributed by atoms with Crippen molar-refractivity contribution in [3.05, 3.63) is 41.0 Å². The fraction of sp³-hybridized carbons (Fsp3) is 0.421. The lowest BCUT2D eigenvalue weighted by molar-refractivity contribution is -0.142. The summed E-state index contributed by atoms with van der Waals surface area (Å²) in [7, 11) is 0. The summed E-state index contributed by atoms with van der Waals surface area (Å²) in [5.41, 5.74) is -0.786. The van der Waals surface area contributed by atoms with Crippen LogP contribution in [-0.2, 0) is 6.18 Å². The van der Waals surface area contributed by atoms with E-state index in [4.69, 9.17) is 0 Å². The number of hydrogen-bond donors (Lipinski definition) is 1. The van der Waals surface area contributed by atoms with Crippen LogP contribution in [0.3, 0.4) is 0 Å². The lowest BCUT2D eigenvalue weighted by Crippen LogP contribution is -2.34. The smallest absolute Gasteiger partial charge is 0.349 e. The number of hydrogen-bond acceptors (Lipinski definition) is 4. The second-order valence-corrected chi connectivity index (χ2v) is 7.90. The molecule has 1 aliphatic rings. The van der Waals surface area contributed by atoms with E-state index in [2.05, 4.69) is 15.4 Å². The minimum atomic E-state index is -4.62. The van der Waals surface area contributed by atoms with E-state index in [1.54, 1.807) is 17.5 Å². The van der Waals surface area contributed by atoms with Gasteiger partial charge in [0.15, 0.2) is 11.3 Å². The van der Waals surface area contributed by atoms with Crippen LogP contribution in [0.2, 0.25) is 0 Å². The van der Waals surface area contributed by atoms with Gasteiger partial charge in [0.1, 0.15) is 5.56 Å². The van der Waals surface area contributed by atoms with Gasteiger partial charge in [-0.25, -0.2) is 9.50 Å². The number of halogens is 3. The molecule has 3 heterocycles. The van der Waals surface area contributed by atoms with Crippen LogP contribution in [0.15, 0.2) is 29.8 Å². The summed E-state index contributed by atoms with van der Waals surface area (Å²) >= 11 is 1.29. The molecule has 9 heteroatoms. The van der Waals surface area contributed by atoms with E-state index in [0.717, 1.165) is 44.6 Å². The summed E-state index contributed by atoms with van der Waals surface area (Å²) in [5.74, 6) is -0.425. The van der Waals surface area contributed by atoms with E-state index in [9.17, 15) is 18.0 Å². The first-order valence-electron chi connectivity index (χ1n) is 9.24. The molecule has 0 saturated heterocycles. The lowest BCUT2D eigenvalue weighted by atomic mass is 10.1. The maximum atomic E-state index is 13.6. The highest BCUT2D eigenvalue weighted by Crippen LogP contribution is 2.33. The van der Waals surface area contributed by atoms with E-state index in [1.807, 2.05) is 0 Å². The third-order valence-corrected chi connectivity index (χ3v) is 5.86. The average molecular weight is 408 g/mol. The van der Waals surface area contributed by atoms with E-state index in [0.29, 0.717) is 9.39 Å². The Bertz CT molecular complexity index is 973. The molecule has 0 unspecified atom stereocenters.